The lowest BCUT2D eigenvalue weighted by molar-refractivity contribution is -0.144. The molecule has 2 atom stereocenters. The number of nitrogens with one attached hydrogen (secondary N) is 2. The van der Waals surface area contributed by atoms with Gasteiger partial charge in [0, 0.05) is 11.4 Å². The van der Waals surface area contributed by atoms with E-state index >= 15 is 0 Å². The fourth-order valence-electron chi connectivity index (χ4n) is 2.72. The van der Waals surface area contributed by atoms with Crippen LogP contribution in [0.15, 0.2) is 5.51 Å². The highest BCUT2D eigenvalue weighted by molar-refractivity contribution is 7.09. The van der Waals surface area contributed by atoms with Gasteiger partial charge in [0.2, 0.25) is 0 Å². The Balaban J connectivity index is 1.75. The first-order valence-corrected chi connectivity index (χ1v) is 8.09. The number of urea groups is 1. The highest BCUT2D eigenvalue weighted by atomic mass is 32.1. The molecule has 1 aliphatic carbocycles. The number of carbonyl (C=O) groups excluding carboxylic acids is 1. The summed E-state index contributed by atoms with van der Waals surface area (Å²) in [6.07, 6.45) is 3.58. The molecule has 0 bridgehead atoms. The van der Waals surface area contributed by atoms with Gasteiger partial charge >= 0.3 is 12.0 Å². The van der Waals surface area contributed by atoms with Crippen LogP contribution in [0.5, 0.6) is 0 Å². The minimum Gasteiger partial charge on any atom is -0.481 e. The van der Waals surface area contributed by atoms with Gasteiger partial charge in [-0.05, 0) is 25.7 Å². The van der Waals surface area contributed by atoms with Gasteiger partial charge < -0.3 is 15.7 Å². The summed E-state index contributed by atoms with van der Waals surface area (Å²) in [6.45, 7) is 2.78. The summed E-state index contributed by atoms with van der Waals surface area (Å²) in [5.41, 5.74) is 2.68. The number of nitrogens with zero attached hydrogens (tertiary/aromatic N) is 1. The third-order valence-electron chi connectivity index (χ3n) is 4.01. The van der Waals surface area contributed by atoms with E-state index in [1.807, 2.05) is 6.92 Å². The average molecular weight is 311 g/mol. The van der Waals surface area contributed by atoms with Crippen molar-refractivity contribution < 1.29 is 14.7 Å². The molecule has 116 valence electrons. The van der Waals surface area contributed by atoms with Crippen LogP contribution in [0.3, 0.4) is 0 Å². The van der Waals surface area contributed by atoms with Gasteiger partial charge in [-0.1, -0.05) is 12.8 Å². The maximum Gasteiger partial charge on any atom is 0.315 e. The third kappa shape index (κ3) is 4.42. The van der Waals surface area contributed by atoms with Gasteiger partial charge in [-0.2, -0.15) is 0 Å². The molecule has 6 nitrogen and oxygen atoms in total. The van der Waals surface area contributed by atoms with Gasteiger partial charge in [0.25, 0.3) is 0 Å². The molecule has 2 unspecified atom stereocenters. The van der Waals surface area contributed by atoms with Crippen molar-refractivity contribution in [2.45, 2.75) is 39.2 Å². The molecule has 1 aromatic rings. The number of aliphatic carboxylic acids is 1. The topological polar surface area (TPSA) is 91.3 Å². The molecule has 0 radical (unpaired) electrons. The molecule has 3 N–H and O–H groups in total. The van der Waals surface area contributed by atoms with Gasteiger partial charge in [0.05, 0.1) is 23.7 Å². The zero-order chi connectivity index (χ0) is 15.2. The van der Waals surface area contributed by atoms with Gasteiger partial charge in [0.1, 0.15) is 0 Å². The zero-order valence-corrected chi connectivity index (χ0v) is 12.9. The first-order chi connectivity index (χ1) is 10.1. The Bertz CT molecular complexity index is 503. The Morgan fingerprint density at radius 1 is 1.38 bits per heavy atom. The summed E-state index contributed by atoms with van der Waals surface area (Å²) in [6, 6.07) is -0.252. The summed E-state index contributed by atoms with van der Waals surface area (Å²) in [5.74, 6) is -1.04. The van der Waals surface area contributed by atoms with Crippen LogP contribution in [0.4, 0.5) is 4.79 Å². The zero-order valence-electron chi connectivity index (χ0n) is 12.1. The number of carbonyl (C=O) groups is 2. The molecule has 0 aromatic carbocycles. The van der Waals surface area contributed by atoms with Crippen LogP contribution in [-0.2, 0) is 11.3 Å². The quantitative estimate of drug-likeness (QED) is 0.777. The second-order valence-electron chi connectivity index (χ2n) is 5.41. The first kappa shape index (κ1) is 15.8. The monoisotopic (exact) mass is 311 g/mol. The van der Waals surface area contributed by atoms with Crippen molar-refractivity contribution in [3.8, 4) is 0 Å². The van der Waals surface area contributed by atoms with Crippen molar-refractivity contribution >= 4 is 23.3 Å². The maximum atomic E-state index is 11.8. The van der Waals surface area contributed by atoms with Crippen molar-refractivity contribution in [3.63, 3.8) is 0 Å². The van der Waals surface area contributed by atoms with E-state index in [2.05, 4.69) is 15.6 Å². The highest BCUT2D eigenvalue weighted by Gasteiger charge is 2.30. The Morgan fingerprint density at radius 2 is 2.14 bits per heavy atom. The number of amides is 2. The lowest BCUT2D eigenvalue weighted by Gasteiger charge is -2.28. The van der Waals surface area contributed by atoms with Gasteiger partial charge in [-0.25, -0.2) is 9.78 Å². The average Bonchev–Trinajstić information content (AvgIpc) is 2.88. The third-order valence-corrected chi connectivity index (χ3v) is 4.94. The molecule has 0 aliphatic heterocycles. The number of aryl methyl sites for hydroxylation is 1. The number of rotatable bonds is 5. The van der Waals surface area contributed by atoms with Crippen molar-refractivity contribution in [1.29, 1.82) is 0 Å². The van der Waals surface area contributed by atoms with E-state index in [-0.39, 0.29) is 17.9 Å². The van der Waals surface area contributed by atoms with Crippen LogP contribution in [0, 0.1) is 18.8 Å². The summed E-state index contributed by atoms with van der Waals surface area (Å²) in [7, 11) is 0. The summed E-state index contributed by atoms with van der Waals surface area (Å²) >= 11 is 1.51. The molecule has 2 rings (SSSR count). The molecule has 1 aliphatic rings. The Labute approximate surface area is 128 Å². The second kappa shape index (κ2) is 7.40. The normalized spacial score (nSPS) is 21.8. The number of hydrogen-bond acceptors (Lipinski definition) is 4. The molecule has 0 spiro atoms. The minimum atomic E-state index is -0.748. The van der Waals surface area contributed by atoms with Crippen LogP contribution in [0.1, 0.15) is 36.3 Å². The van der Waals surface area contributed by atoms with Gasteiger partial charge in [-0.15, -0.1) is 11.3 Å². The maximum absolute atomic E-state index is 11.8. The predicted octanol–water partition coefficient (Wildman–Crippen LogP) is 2.14. The predicted molar refractivity (Wildman–Crippen MR) is 80.2 cm³/mol. The Kier molecular flexibility index (Phi) is 5.55. The smallest absolute Gasteiger partial charge is 0.315 e. The van der Waals surface area contributed by atoms with Gasteiger partial charge in [-0.3, -0.25) is 4.79 Å². The lowest BCUT2D eigenvalue weighted by atomic mass is 9.79. The Morgan fingerprint density at radius 3 is 2.81 bits per heavy atom. The van der Waals surface area contributed by atoms with Gasteiger partial charge in [0.15, 0.2) is 0 Å². The van der Waals surface area contributed by atoms with E-state index < -0.39 is 5.97 Å². The van der Waals surface area contributed by atoms with Crippen molar-refractivity contribution in [2.24, 2.45) is 11.8 Å². The summed E-state index contributed by atoms with van der Waals surface area (Å²) < 4.78 is 0. The molecule has 0 saturated heterocycles. The van der Waals surface area contributed by atoms with E-state index in [4.69, 9.17) is 0 Å². The number of aromatic nitrogens is 1. The molecule has 1 fully saturated rings. The molecular weight excluding hydrogens is 290 g/mol. The van der Waals surface area contributed by atoms with Crippen LogP contribution in [0.2, 0.25) is 0 Å². The fourth-order valence-corrected chi connectivity index (χ4v) is 3.44. The van der Waals surface area contributed by atoms with Crippen LogP contribution >= 0.6 is 11.3 Å². The number of carboxylic acids is 1. The molecule has 1 saturated carbocycles. The second-order valence-corrected chi connectivity index (χ2v) is 6.35. The van der Waals surface area contributed by atoms with E-state index in [0.29, 0.717) is 19.5 Å². The van der Waals surface area contributed by atoms with Crippen LogP contribution < -0.4 is 10.6 Å². The molecule has 1 aromatic heterocycles. The Hall–Kier alpha value is -1.63. The van der Waals surface area contributed by atoms with Crippen molar-refractivity contribution in [2.75, 3.05) is 6.54 Å². The molecular formula is C14H21N3O3S. The van der Waals surface area contributed by atoms with Crippen LogP contribution in [0.25, 0.3) is 0 Å². The molecule has 1 heterocycles. The standard InChI is InChI=1S/C14H21N3O3S/c1-9-12(21-8-17-9)7-16-14(20)15-6-10-4-2-3-5-11(10)13(18)19/h8,10-11H,2-7H2,1H3,(H,18,19)(H2,15,16,20). The minimum absolute atomic E-state index is 0.0344. The van der Waals surface area contributed by atoms with Crippen molar-refractivity contribution in [1.82, 2.24) is 15.6 Å². The van der Waals surface area contributed by atoms with Crippen molar-refractivity contribution in [3.05, 3.63) is 16.1 Å². The molecule has 7 heteroatoms. The summed E-state index contributed by atoms with van der Waals surface area (Å²) in [4.78, 5) is 28.1. The fraction of sp³-hybridized carbons (Fsp3) is 0.643. The largest absolute Gasteiger partial charge is 0.481 e. The number of carboxylic acid groups (broad SMARTS) is 1. The van der Waals surface area contributed by atoms with Crippen LogP contribution in [-0.4, -0.2) is 28.6 Å². The van der Waals surface area contributed by atoms with E-state index in [9.17, 15) is 14.7 Å². The summed E-state index contributed by atoms with van der Waals surface area (Å²) in [5, 5.41) is 14.8. The van der Waals surface area contributed by atoms with E-state index in [1.165, 1.54) is 11.3 Å². The molecule has 21 heavy (non-hydrogen) atoms. The highest BCUT2D eigenvalue weighted by Crippen LogP contribution is 2.29. The lowest BCUT2D eigenvalue weighted by Crippen LogP contribution is -2.41. The SMILES string of the molecule is Cc1ncsc1CNC(=O)NCC1CCCCC1C(=O)O. The molecule has 2 amide bonds. The van der Waals surface area contributed by atoms with E-state index in [0.717, 1.165) is 29.8 Å². The number of thiazole rings is 1. The first-order valence-electron chi connectivity index (χ1n) is 7.21. The number of hydrogen-bond donors (Lipinski definition) is 3. The van der Waals surface area contributed by atoms with E-state index in [1.54, 1.807) is 5.51 Å².